The smallest absolute Gasteiger partial charge is 0.235 e. The molecule has 1 rings (SSSR count). The normalized spacial score (nSPS) is 10.8. The zero-order chi connectivity index (χ0) is 13.1. The fourth-order valence-corrected chi connectivity index (χ4v) is 4.75. The van der Waals surface area contributed by atoms with Crippen LogP contribution in [0.1, 0.15) is 52.4 Å². The molecule has 0 spiro atoms. The van der Waals surface area contributed by atoms with E-state index >= 15 is 0 Å². The van der Waals surface area contributed by atoms with Gasteiger partial charge in [0.15, 0.2) is 0 Å². The first-order valence-corrected chi connectivity index (χ1v) is 9.69. The van der Waals surface area contributed by atoms with Crippen LogP contribution in [0.4, 0.5) is 0 Å². The lowest BCUT2D eigenvalue weighted by Crippen LogP contribution is -2.21. The van der Waals surface area contributed by atoms with Gasteiger partial charge in [0.25, 0.3) is 0 Å². The summed E-state index contributed by atoms with van der Waals surface area (Å²) in [4.78, 5) is 0. The van der Waals surface area contributed by atoms with Gasteiger partial charge in [0.2, 0.25) is 9.04 Å². The van der Waals surface area contributed by atoms with Crippen LogP contribution >= 0.6 is 0 Å². The summed E-state index contributed by atoms with van der Waals surface area (Å²) >= 11 is 0. The second kappa shape index (κ2) is 10.2. The highest BCUT2D eigenvalue weighted by atomic mass is 28.3. The molecular weight excluding hydrogens is 236 g/mol. The molecule has 0 amide bonds. The molecule has 0 heterocycles. The average Bonchev–Trinajstić information content (AvgIpc) is 2.40. The molecule has 0 unspecified atom stereocenters. The first kappa shape index (κ1) is 15.3. The molecule has 0 radical (unpaired) electrons. The van der Waals surface area contributed by atoms with Crippen molar-refractivity contribution in [2.75, 3.05) is 0 Å². The number of para-hydroxylation sites is 1. The predicted octanol–water partition coefficient (Wildman–Crippen LogP) is 5.17. The highest BCUT2D eigenvalue weighted by Gasteiger charge is 2.12. The van der Waals surface area contributed by atoms with Crippen LogP contribution in [0, 0.1) is 0 Å². The van der Waals surface area contributed by atoms with Crippen molar-refractivity contribution in [1.82, 2.24) is 0 Å². The SMILES string of the molecule is CCCCC[SiH](CCCCC)Oc1ccccc1. The van der Waals surface area contributed by atoms with Gasteiger partial charge in [-0.05, 0) is 24.2 Å². The summed E-state index contributed by atoms with van der Waals surface area (Å²) in [6.07, 6.45) is 8.03. The third-order valence-corrected chi connectivity index (χ3v) is 6.02. The molecule has 0 aliphatic heterocycles. The van der Waals surface area contributed by atoms with Gasteiger partial charge in [-0.3, -0.25) is 0 Å². The quantitative estimate of drug-likeness (QED) is 0.418. The van der Waals surface area contributed by atoms with Gasteiger partial charge in [0.05, 0.1) is 0 Å². The van der Waals surface area contributed by atoms with E-state index in [0.717, 1.165) is 5.75 Å². The lowest BCUT2D eigenvalue weighted by Gasteiger charge is -2.17. The molecule has 1 aromatic rings. The minimum absolute atomic E-state index is 1.02. The first-order chi connectivity index (χ1) is 8.86. The minimum atomic E-state index is -1.02. The first-order valence-electron chi connectivity index (χ1n) is 7.58. The van der Waals surface area contributed by atoms with Crippen molar-refractivity contribution in [1.29, 1.82) is 0 Å². The predicted molar refractivity (Wildman–Crippen MR) is 82.9 cm³/mol. The fraction of sp³-hybridized carbons (Fsp3) is 0.625. The van der Waals surface area contributed by atoms with Gasteiger partial charge >= 0.3 is 0 Å². The Bertz CT molecular complexity index is 276. The van der Waals surface area contributed by atoms with Gasteiger partial charge in [-0.15, -0.1) is 0 Å². The Morgan fingerprint density at radius 1 is 0.833 bits per heavy atom. The molecule has 0 aliphatic carbocycles. The molecule has 0 aromatic heterocycles. The summed E-state index contributed by atoms with van der Waals surface area (Å²) in [6, 6.07) is 13.1. The Hall–Kier alpha value is -0.763. The molecule has 0 N–H and O–H groups in total. The van der Waals surface area contributed by atoms with E-state index in [1.165, 1.54) is 50.6 Å². The molecule has 0 saturated carbocycles. The molecule has 1 aromatic carbocycles. The Balaban J connectivity index is 2.37. The van der Waals surface area contributed by atoms with Gasteiger partial charge < -0.3 is 4.43 Å². The average molecular weight is 264 g/mol. The highest BCUT2D eigenvalue weighted by molar-refractivity contribution is 6.52. The Morgan fingerprint density at radius 3 is 1.89 bits per heavy atom. The molecule has 2 heteroatoms. The summed E-state index contributed by atoms with van der Waals surface area (Å²) in [5.41, 5.74) is 0. The van der Waals surface area contributed by atoms with Gasteiger partial charge in [-0.1, -0.05) is 70.6 Å². The summed E-state index contributed by atoms with van der Waals surface area (Å²) in [5.74, 6) is 1.09. The van der Waals surface area contributed by atoms with Crippen molar-refractivity contribution in [3.8, 4) is 5.75 Å². The molecular formula is C16H28OSi. The van der Waals surface area contributed by atoms with E-state index in [1.54, 1.807) is 0 Å². The number of hydrogen-bond acceptors (Lipinski definition) is 1. The van der Waals surface area contributed by atoms with Crippen LogP contribution in [0.2, 0.25) is 12.1 Å². The van der Waals surface area contributed by atoms with Crippen molar-refractivity contribution < 1.29 is 4.43 Å². The number of hydrogen-bond donors (Lipinski definition) is 0. The summed E-state index contributed by atoms with van der Waals surface area (Å²) in [6.45, 7) is 4.54. The number of benzene rings is 1. The van der Waals surface area contributed by atoms with Crippen LogP contribution in [-0.4, -0.2) is 9.04 Å². The van der Waals surface area contributed by atoms with Gasteiger partial charge in [0.1, 0.15) is 5.75 Å². The standard InChI is InChI=1S/C16H28OSi/c1-3-5-10-14-18(15-11-6-4-2)17-16-12-8-7-9-13-16/h7-9,12-13,18H,3-6,10-11,14-15H2,1-2H3. The zero-order valence-corrected chi connectivity index (χ0v) is 13.2. The third-order valence-electron chi connectivity index (χ3n) is 3.31. The topological polar surface area (TPSA) is 9.23 Å². The maximum absolute atomic E-state index is 6.25. The van der Waals surface area contributed by atoms with E-state index < -0.39 is 9.04 Å². The lowest BCUT2D eigenvalue weighted by atomic mass is 10.3. The number of unbranched alkanes of at least 4 members (excludes halogenated alkanes) is 4. The largest absolute Gasteiger partial charge is 0.546 e. The van der Waals surface area contributed by atoms with E-state index in [-0.39, 0.29) is 0 Å². The Labute approximate surface area is 114 Å². The second-order valence-electron chi connectivity index (χ2n) is 5.04. The number of rotatable bonds is 10. The second-order valence-corrected chi connectivity index (χ2v) is 7.68. The Kier molecular flexibility index (Phi) is 8.66. The molecule has 0 bridgehead atoms. The van der Waals surface area contributed by atoms with E-state index in [1.807, 2.05) is 0 Å². The van der Waals surface area contributed by atoms with Gasteiger partial charge in [-0.25, -0.2) is 0 Å². The van der Waals surface area contributed by atoms with Crippen LogP contribution in [0.3, 0.4) is 0 Å². The van der Waals surface area contributed by atoms with Gasteiger partial charge in [-0.2, -0.15) is 0 Å². The fourth-order valence-electron chi connectivity index (χ4n) is 2.20. The van der Waals surface area contributed by atoms with E-state index in [0.29, 0.717) is 0 Å². The monoisotopic (exact) mass is 264 g/mol. The summed E-state index contributed by atoms with van der Waals surface area (Å²) < 4.78 is 6.25. The maximum Gasteiger partial charge on any atom is 0.235 e. The van der Waals surface area contributed by atoms with E-state index in [2.05, 4.69) is 44.2 Å². The highest BCUT2D eigenvalue weighted by Crippen LogP contribution is 2.17. The maximum atomic E-state index is 6.25. The lowest BCUT2D eigenvalue weighted by molar-refractivity contribution is 0.549. The molecule has 18 heavy (non-hydrogen) atoms. The van der Waals surface area contributed by atoms with Crippen molar-refractivity contribution in [2.24, 2.45) is 0 Å². The van der Waals surface area contributed by atoms with Crippen molar-refractivity contribution in [3.05, 3.63) is 30.3 Å². The molecule has 0 atom stereocenters. The van der Waals surface area contributed by atoms with Gasteiger partial charge in [0, 0.05) is 0 Å². The van der Waals surface area contributed by atoms with Crippen LogP contribution < -0.4 is 4.43 Å². The van der Waals surface area contributed by atoms with Crippen LogP contribution in [0.15, 0.2) is 30.3 Å². The summed E-state index contributed by atoms with van der Waals surface area (Å²) in [7, 11) is -1.02. The van der Waals surface area contributed by atoms with Crippen LogP contribution in [0.5, 0.6) is 5.75 Å². The molecule has 102 valence electrons. The van der Waals surface area contributed by atoms with Crippen LogP contribution in [-0.2, 0) is 0 Å². The molecule has 0 aliphatic rings. The van der Waals surface area contributed by atoms with E-state index in [4.69, 9.17) is 4.43 Å². The van der Waals surface area contributed by atoms with Crippen molar-refractivity contribution in [3.63, 3.8) is 0 Å². The minimum Gasteiger partial charge on any atom is -0.546 e. The van der Waals surface area contributed by atoms with E-state index in [9.17, 15) is 0 Å². The zero-order valence-electron chi connectivity index (χ0n) is 12.0. The molecule has 0 saturated heterocycles. The Morgan fingerprint density at radius 2 is 1.39 bits per heavy atom. The van der Waals surface area contributed by atoms with Crippen LogP contribution in [0.25, 0.3) is 0 Å². The molecule has 0 fully saturated rings. The third kappa shape index (κ3) is 6.85. The van der Waals surface area contributed by atoms with Crippen molar-refractivity contribution in [2.45, 2.75) is 64.5 Å². The van der Waals surface area contributed by atoms with Crippen molar-refractivity contribution >= 4 is 9.04 Å². The molecule has 1 nitrogen and oxygen atoms in total. The summed E-state index contributed by atoms with van der Waals surface area (Å²) in [5, 5.41) is 0.